The van der Waals surface area contributed by atoms with Gasteiger partial charge in [0.15, 0.2) is 11.5 Å². The predicted octanol–water partition coefficient (Wildman–Crippen LogP) is 6.82. The molecule has 3 aromatic carbocycles. The van der Waals surface area contributed by atoms with Gasteiger partial charge in [-0.05, 0) is 70.7 Å². The van der Waals surface area contributed by atoms with Crippen LogP contribution in [0, 0.1) is 5.82 Å². The molecule has 0 atom stereocenters. The van der Waals surface area contributed by atoms with Crippen molar-refractivity contribution in [3.05, 3.63) is 98.3 Å². The van der Waals surface area contributed by atoms with Gasteiger partial charge in [0.25, 0.3) is 5.56 Å². The predicted molar refractivity (Wildman–Crippen MR) is 146 cm³/mol. The summed E-state index contributed by atoms with van der Waals surface area (Å²) < 4.78 is 27.1. The van der Waals surface area contributed by atoms with E-state index in [0.29, 0.717) is 43.8 Å². The number of hydrogen-bond donors (Lipinski definition) is 0. The van der Waals surface area contributed by atoms with Gasteiger partial charge in [-0.2, -0.15) is 9.78 Å². The van der Waals surface area contributed by atoms with Gasteiger partial charge >= 0.3 is 0 Å². The highest BCUT2D eigenvalue weighted by atomic mass is 79.9. The molecule has 1 heterocycles. The van der Waals surface area contributed by atoms with Crippen LogP contribution >= 0.6 is 15.9 Å². The van der Waals surface area contributed by atoms with E-state index in [0.717, 1.165) is 25.7 Å². The van der Waals surface area contributed by atoms with E-state index in [9.17, 15) is 9.18 Å². The molecule has 5 rings (SSSR count). The molecule has 1 fully saturated rings. The normalized spacial score (nSPS) is 14.4. The molecule has 1 saturated carbocycles. The second kappa shape index (κ2) is 11.3. The van der Waals surface area contributed by atoms with Crippen molar-refractivity contribution in [3.8, 4) is 11.5 Å². The lowest BCUT2D eigenvalue weighted by Gasteiger charge is -2.22. The lowest BCUT2D eigenvalue weighted by Crippen LogP contribution is -2.25. The maximum Gasteiger partial charge on any atom is 0.282 e. The Labute approximate surface area is 222 Å². The van der Waals surface area contributed by atoms with Gasteiger partial charge < -0.3 is 9.47 Å². The average molecular weight is 564 g/mol. The smallest absolute Gasteiger partial charge is 0.282 e. The second-order valence-electron chi connectivity index (χ2n) is 9.13. The van der Waals surface area contributed by atoms with Crippen LogP contribution in [-0.2, 0) is 6.61 Å². The average Bonchev–Trinajstić information content (AvgIpc) is 2.92. The molecule has 0 aliphatic heterocycles. The lowest BCUT2D eigenvalue weighted by molar-refractivity contribution is 0.284. The number of benzene rings is 3. The molecular formula is C29H27BrFN3O3. The highest BCUT2D eigenvalue weighted by molar-refractivity contribution is 9.10. The molecule has 1 aliphatic rings. The number of halogens is 2. The van der Waals surface area contributed by atoms with Crippen molar-refractivity contribution in [3.63, 3.8) is 0 Å². The van der Waals surface area contributed by atoms with E-state index < -0.39 is 0 Å². The molecule has 1 aromatic heterocycles. The number of ether oxygens (including phenoxy) is 2. The fraction of sp³-hybridized carbons (Fsp3) is 0.276. The van der Waals surface area contributed by atoms with Gasteiger partial charge in [0.1, 0.15) is 18.2 Å². The zero-order valence-corrected chi connectivity index (χ0v) is 22.1. The molecule has 4 aromatic rings. The highest BCUT2D eigenvalue weighted by Gasteiger charge is 2.22. The Kier molecular flexibility index (Phi) is 7.65. The Morgan fingerprint density at radius 3 is 2.68 bits per heavy atom. The number of aromatic nitrogens is 2. The summed E-state index contributed by atoms with van der Waals surface area (Å²) in [5.41, 5.74) is 1.94. The maximum absolute atomic E-state index is 13.5. The van der Waals surface area contributed by atoms with E-state index in [2.05, 4.69) is 21.0 Å². The Morgan fingerprint density at radius 1 is 1.08 bits per heavy atom. The molecule has 1 aliphatic carbocycles. The minimum absolute atomic E-state index is 0.180. The molecule has 0 N–H and O–H groups in total. The number of para-hydroxylation sites is 1. The second-order valence-corrected chi connectivity index (χ2v) is 9.98. The van der Waals surface area contributed by atoms with Crippen molar-refractivity contribution in [2.75, 3.05) is 7.11 Å². The molecule has 0 amide bonds. The quantitative estimate of drug-likeness (QED) is 0.231. The van der Waals surface area contributed by atoms with Crippen LogP contribution in [0.2, 0.25) is 0 Å². The van der Waals surface area contributed by atoms with Gasteiger partial charge in [0, 0.05) is 16.0 Å². The van der Waals surface area contributed by atoms with E-state index in [4.69, 9.17) is 14.5 Å². The fourth-order valence-electron chi connectivity index (χ4n) is 4.71. The Morgan fingerprint density at radius 2 is 1.89 bits per heavy atom. The first-order chi connectivity index (χ1) is 18.0. The molecule has 0 bridgehead atoms. The molecule has 0 radical (unpaired) electrons. The zero-order chi connectivity index (χ0) is 25.8. The summed E-state index contributed by atoms with van der Waals surface area (Å²) in [6.07, 6.45) is 7.07. The lowest BCUT2D eigenvalue weighted by atomic mass is 9.88. The zero-order valence-electron chi connectivity index (χ0n) is 20.5. The number of nitrogens with zero attached hydrogens (tertiary/aromatic N) is 3. The standard InChI is InChI=1S/C29H27BrFN3O3/c1-36-26-15-21(24(30)16-27(26)37-18-19-8-7-11-22(31)14-19)17-32-34-28(20-9-3-2-4-10-20)33-25-13-6-5-12-23(25)29(34)35/h5-8,11-17,20H,2-4,9-10,18H2,1H3. The molecule has 6 nitrogen and oxygen atoms in total. The van der Waals surface area contributed by atoms with Gasteiger partial charge in [0.05, 0.1) is 24.2 Å². The number of methoxy groups -OCH3 is 1. The molecular weight excluding hydrogens is 537 g/mol. The van der Waals surface area contributed by atoms with Crippen LogP contribution in [0.1, 0.15) is 55.0 Å². The van der Waals surface area contributed by atoms with E-state index in [-0.39, 0.29) is 23.9 Å². The third-order valence-electron chi connectivity index (χ3n) is 6.63. The first-order valence-electron chi connectivity index (χ1n) is 12.3. The number of hydrogen-bond acceptors (Lipinski definition) is 5. The summed E-state index contributed by atoms with van der Waals surface area (Å²) in [6.45, 7) is 0.191. The summed E-state index contributed by atoms with van der Waals surface area (Å²) in [7, 11) is 1.55. The largest absolute Gasteiger partial charge is 0.493 e. The summed E-state index contributed by atoms with van der Waals surface area (Å²) in [5, 5.41) is 5.16. The van der Waals surface area contributed by atoms with Crippen molar-refractivity contribution >= 4 is 33.0 Å². The highest BCUT2D eigenvalue weighted by Crippen LogP contribution is 2.34. The topological polar surface area (TPSA) is 65.7 Å². The van der Waals surface area contributed by atoms with E-state index in [1.165, 1.54) is 23.2 Å². The third-order valence-corrected chi connectivity index (χ3v) is 7.31. The van der Waals surface area contributed by atoms with Crippen LogP contribution in [0.5, 0.6) is 11.5 Å². The van der Waals surface area contributed by atoms with Gasteiger partial charge in [-0.15, -0.1) is 0 Å². The monoisotopic (exact) mass is 563 g/mol. The van der Waals surface area contributed by atoms with Crippen LogP contribution in [0.25, 0.3) is 10.9 Å². The Bertz CT molecular complexity index is 1510. The summed E-state index contributed by atoms with van der Waals surface area (Å²) in [4.78, 5) is 18.3. The molecule has 0 saturated heterocycles. The molecule has 8 heteroatoms. The van der Waals surface area contributed by atoms with Gasteiger partial charge in [-0.25, -0.2) is 9.37 Å². The van der Waals surface area contributed by atoms with E-state index in [1.807, 2.05) is 18.2 Å². The first-order valence-corrected chi connectivity index (χ1v) is 13.1. The summed E-state index contributed by atoms with van der Waals surface area (Å²) in [6, 6.07) is 17.2. The summed E-state index contributed by atoms with van der Waals surface area (Å²) in [5.74, 6) is 1.59. The fourth-order valence-corrected chi connectivity index (χ4v) is 5.13. The molecule has 0 unspecified atom stereocenters. The molecule has 0 spiro atoms. The first kappa shape index (κ1) is 25.1. The minimum atomic E-state index is -0.313. The Hall–Kier alpha value is -3.52. The van der Waals surface area contributed by atoms with E-state index in [1.54, 1.807) is 43.7 Å². The van der Waals surface area contributed by atoms with Crippen LogP contribution in [-0.4, -0.2) is 23.0 Å². The van der Waals surface area contributed by atoms with Crippen molar-refractivity contribution in [2.24, 2.45) is 5.10 Å². The van der Waals surface area contributed by atoms with Gasteiger partial charge in [-0.3, -0.25) is 4.79 Å². The number of fused-ring (bicyclic) bond motifs is 1. The number of rotatable bonds is 7. The van der Waals surface area contributed by atoms with Crippen molar-refractivity contribution < 1.29 is 13.9 Å². The van der Waals surface area contributed by atoms with E-state index >= 15 is 0 Å². The van der Waals surface area contributed by atoms with Gasteiger partial charge in [0.2, 0.25) is 0 Å². The summed E-state index contributed by atoms with van der Waals surface area (Å²) >= 11 is 3.59. The van der Waals surface area contributed by atoms with Crippen LogP contribution in [0.15, 0.2) is 75.0 Å². The minimum Gasteiger partial charge on any atom is -0.493 e. The Balaban J connectivity index is 1.48. The molecule has 37 heavy (non-hydrogen) atoms. The van der Waals surface area contributed by atoms with Crippen molar-refractivity contribution in [1.82, 2.24) is 9.66 Å². The molecule has 190 valence electrons. The van der Waals surface area contributed by atoms with Crippen molar-refractivity contribution in [1.29, 1.82) is 0 Å². The SMILES string of the molecule is COc1cc(C=Nn2c(C3CCCCC3)nc3ccccc3c2=O)c(Br)cc1OCc1cccc(F)c1. The van der Waals surface area contributed by atoms with Crippen LogP contribution in [0.4, 0.5) is 4.39 Å². The van der Waals surface area contributed by atoms with Crippen molar-refractivity contribution in [2.45, 2.75) is 44.6 Å². The maximum atomic E-state index is 13.5. The van der Waals surface area contributed by atoms with Crippen LogP contribution < -0.4 is 15.0 Å². The van der Waals surface area contributed by atoms with Gasteiger partial charge in [-0.1, -0.05) is 43.5 Å². The van der Waals surface area contributed by atoms with Crippen LogP contribution in [0.3, 0.4) is 0 Å². The third kappa shape index (κ3) is 5.59.